The third-order valence-electron chi connectivity index (χ3n) is 2.02. The number of halogens is 1. The van der Waals surface area contributed by atoms with E-state index in [0.29, 0.717) is 12.4 Å². The highest BCUT2D eigenvalue weighted by Crippen LogP contribution is 2.18. The first-order valence-electron chi connectivity index (χ1n) is 4.84. The lowest BCUT2D eigenvalue weighted by Gasteiger charge is -2.25. The molecular formula is C9H17ClN2O4. The van der Waals surface area contributed by atoms with Gasteiger partial charge in [-0.2, -0.15) is 0 Å². The summed E-state index contributed by atoms with van der Waals surface area (Å²) >= 11 is 5.37. The van der Waals surface area contributed by atoms with Gasteiger partial charge in [-0.05, 0) is 0 Å². The molecule has 0 saturated carbocycles. The Morgan fingerprint density at radius 3 is 2.44 bits per heavy atom. The molecule has 0 bridgehead atoms. The number of nitrogens with one attached hydrogen (secondary N) is 2. The Balaban J connectivity index is 4.03. The van der Waals surface area contributed by atoms with Gasteiger partial charge in [-0.3, -0.25) is 4.79 Å². The SMILES string of the molecule is CC(CO)(CNC(=O)NCCCl)CC(=O)O. The topological polar surface area (TPSA) is 98.7 Å². The van der Waals surface area contributed by atoms with Gasteiger partial charge in [-0.15, -0.1) is 11.6 Å². The Hall–Kier alpha value is -1.01. The van der Waals surface area contributed by atoms with Crippen molar-refractivity contribution in [1.29, 1.82) is 0 Å². The first-order valence-corrected chi connectivity index (χ1v) is 5.37. The number of carbonyl (C=O) groups is 2. The molecule has 16 heavy (non-hydrogen) atoms. The van der Waals surface area contributed by atoms with Crippen LogP contribution >= 0.6 is 11.6 Å². The summed E-state index contributed by atoms with van der Waals surface area (Å²) in [5, 5.41) is 22.7. The van der Waals surface area contributed by atoms with Gasteiger partial charge in [0.15, 0.2) is 0 Å². The highest BCUT2D eigenvalue weighted by molar-refractivity contribution is 6.18. The zero-order chi connectivity index (χ0) is 12.6. The van der Waals surface area contributed by atoms with Gasteiger partial charge in [0.1, 0.15) is 0 Å². The third kappa shape index (κ3) is 6.47. The minimum atomic E-state index is -1.01. The zero-order valence-electron chi connectivity index (χ0n) is 9.12. The summed E-state index contributed by atoms with van der Waals surface area (Å²) < 4.78 is 0. The summed E-state index contributed by atoms with van der Waals surface area (Å²) in [5.74, 6) is -0.709. The number of aliphatic hydroxyl groups is 1. The number of hydrogen-bond acceptors (Lipinski definition) is 3. The number of rotatable bonds is 7. The molecule has 0 spiro atoms. The zero-order valence-corrected chi connectivity index (χ0v) is 9.88. The first kappa shape index (κ1) is 15.0. The Morgan fingerprint density at radius 2 is 2.00 bits per heavy atom. The van der Waals surface area contributed by atoms with E-state index in [-0.39, 0.29) is 19.6 Å². The number of carboxylic acid groups (broad SMARTS) is 1. The molecule has 1 atom stereocenters. The number of urea groups is 1. The molecule has 0 radical (unpaired) electrons. The molecular weight excluding hydrogens is 236 g/mol. The van der Waals surface area contributed by atoms with Gasteiger partial charge in [0, 0.05) is 24.4 Å². The van der Waals surface area contributed by atoms with Gasteiger partial charge >= 0.3 is 12.0 Å². The Labute approximate surface area is 99.0 Å². The number of aliphatic hydroxyl groups excluding tert-OH is 1. The van der Waals surface area contributed by atoms with Gasteiger partial charge in [0.05, 0.1) is 13.0 Å². The summed E-state index contributed by atoms with van der Waals surface area (Å²) in [6, 6.07) is -0.425. The second-order valence-electron chi connectivity index (χ2n) is 3.84. The maximum atomic E-state index is 11.1. The normalized spacial score (nSPS) is 13.9. The highest BCUT2D eigenvalue weighted by Gasteiger charge is 2.27. The predicted molar refractivity (Wildman–Crippen MR) is 59.6 cm³/mol. The van der Waals surface area contributed by atoms with Crippen molar-refractivity contribution in [3.8, 4) is 0 Å². The predicted octanol–water partition coefficient (Wildman–Crippen LogP) is -0.00230. The Morgan fingerprint density at radius 1 is 1.38 bits per heavy atom. The van der Waals surface area contributed by atoms with Crippen LogP contribution in [0, 0.1) is 5.41 Å². The van der Waals surface area contributed by atoms with Gasteiger partial charge in [0.2, 0.25) is 0 Å². The van der Waals surface area contributed by atoms with E-state index in [1.165, 1.54) is 0 Å². The Kier molecular flexibility index (Phi) is 6.83. The molecule has 6 nitrogen and oxygen atoms in total. The smallest absolute Gasteiger partial charge is 0.314 e. The number of hydrogen-bond donors (Lipinski definition) is 4. The molecule has 0 aromatic rings. The molecule has 0 rings (SSSR count). The summed E-state index contributed by atoms with van der Waals surface area (Å²) in [4.78, 5) is 21.7. The molecule has 0 aliphatic heterocycles. The van der Waals surface area contributed by atoms with Crippen LogP contribution in [-0.2, 0) is 4.79 Å². The van der Waals surface area contributed by atoms with E-state index in [4.69, 9.17) is 21.8 Å². The monoisotopic (exact) mass is 252 g/mol. The average molecular weight is 253 g/mol. The molecule has 0 aromatic heterocycles. The molecule has 0 heterocycles. The van der Waals surface area contributed by atoms with Crippen LogP contribution in [0.1, 0.15) is 13.3 Å². The summed E-state index contributed by atoms with van der Waals surface area (Å²) in [6.07, 6.45) is -0.209. The molecule has 1 unspecified atom stereocenters. The quantitative estimate of drug-likeness (QED) is 0.479. The molecule has 0 aliphatic rings. The second-order valence-corrected chi connectivity index (χ2v) is 4.22. The van der Waals surface area contributed by atoms with Crippen molar-refractivity contribution in [3.05, 3.63) is 0 Å². The van der Waals surface area contributed by atoms with E-state index in [2.05, 4.69) is 10.6 Å². The van der Waals surface area contributed by atoms with Crippen molar-refractivity contribution >= 4 is 23.6 Å². The minimum Gasteiger partial charge on any atom is -0.481 e. The van der Waals surface area contributed by atoms with Crippen LogP contribution in [0.2, 0.25) is 0 Å². The van der Waals surface area contributed by atoms with E-state index < -0.39 is 17.4 Å². The number of alkyl halides is 1. The van der Waals surface area contributed by atoms with E-state index in [1.54, 1.807) is 6.92 Å². The number of aliphatic carboxylic acids is 1. The molecule has 4 N–H and O–H groups in total. The molecule has 0 fully saturated rings. The van der Waals surface area contributed by atoms with Crippen LogP contribution < -0.4 is 10.6 Å². The van der Waals surface area contributed by atoms with Crippen LogP contribution in [0.5, 0.6) is 0 Å². The molecule has 0 saturated heterocycles. The lowest BCUT2D eigenvalue weighted by Crippen LogP contribution is -2.44. The fourth-order valence-corrected chi connectivity index (χ4v) is 1.15. The number of carboxylic acids is 1. The van der Waals surface area contributed by atoms with E-state index in [9.17, 15) is 9.59 Å². The van der Waals surface area contributed by atoms with Gasteiger partial charge < -0.3 is 20.8 Å². The summed E-state index contributed by atoms with van der Waals surface area (Å²) in [5.41, 5.74) is -0.857. The van der Waals surface area contributed by atoms with E-state index in [0.717, 1.165) is 0 Å². The standard InChI is InChI=1S/C9H17ClN2O4/c1-9(6-13,4-7(14)15)5-12-8(16)11-3-2-10/h13H,2-6H2,1H3,(H,14,15)(H2,11,12,16). The lowest BCUT2D eigenvalue weighted by atomic mass is 9.88. The van der Waals surface area contributed by atoms with Crippen molar-refractivity contribution in [1.82, 2.24) is 10.6 Å². The van der Waals surface area contributed by atoms with E-state index in [1.807, 2.05) is 0 Å². The summed E-state index contributed by atoms with van der Waals surface area (Å²) in [6.45, 7) is 1.70. The van der Waals surface area contributed by atoms with Crippen LogP contribution in [0.15, 0.2) is 0 Å². The average Bonchev–Trinajstić information content (AvgIpc) is 2.22. The molecule has 94 valence electrons. The molecule has 0 aliphatic carbocycles. The number of carbonyl (C=O) groups excluding carboxylic acids is 1. The first-order chi connectivity index (χ1) is 7.43. The fourth-order valence-electron chi connectivity index (χ4n) is 1.06. The number of amides is 2. The van der Waals surface area contributed by atoms with Crippen LogP contribution in [0.3, 0.4) is 0 Å². The van der Waals surface area contributed by atoms with Gasteiger partial charge in [-0.25, -0.2) is 4.79 Å². The van der Waals surface area contributed by atoms with Crippen LogP contribution in [0.25, 0.3) is 0 Å². The molecule has 2 amide bonds. The van der Waals surface area contributed by atoms with Crippen molar-refractivity contribution < 1.29 is 19.8 Å². The lowest BCUT2D eigenvalue weighted by molar-refractivity contribution is -0.140. The van der Waals surface area contributed by atoms with E-state index >= 15 is 0 Å². The van der Waals surface area contributed by atoms with Crippen molar-refractivity contribution in [3.63, 3.8) is 0 Å². The van der Waals surface area contributed by atoms with Crippen molar-refractivity contribution in [2.24, 2.45) is 5.41 Å². The maximum Gasteiger partial charge on any atom is 0.314 e. The largest absolute Gasteiger partial charge is 0.481 e. The fraction of sp³-hybridized carbons (Fsp3) is 0.778. The van der Waals surface area contributed by atoms with Gasteiger partial charge in [-0.1, -0.05) is 6.92 Å². The maximum absolute atomic E-state index is 11.1. The third-order valence-corrected chi connectivity index (χ3v) is 2.20. The van der Waals surface area contributed by atoms with Crippen molar-refractivity contribution in [2.75, 3.05) is 25.6 Å². The van der Waals surface area contributed by atoms with Crippen LogP contribution in [-0.4, -0.2) is 47.8 Å². The Bertz CT molecular complexity index is 250. The minimum absolute atomic E-state index is 0.0872. The van der Waals surface area contributed by atoms with Gasteiger partial charge in [0.25, 0.3) is 0 Å². The van der Waals surface area contributed by atoms with Crippen LogP contribution in [0.4, 0.5) is 4.79 Å². The summed E-state index contributed by atoms with van der Waals surface area (Å²) in [7, 11) is 0. The van der Waals surface area contributed by atoms with Crippen molar-refractivity contribution in [2.45, 2.75) is 13.3 Å². The highest BCUT2D eigenvalue weighted by atomic mass is 35.5. The second kappa shape index (κ2) is 7.29. The molecule has 0 aromatic carbocycles. The molecule has 7 heteroatoms.